The molecule has 2 unspecified atom stereocenters. The van der Waals surface area contributed by atoms with Crippen molar-refractivity contribution in [3.05, 3.63) is 29.1 Å². The Bertz CT molecular complexity index is 487. The zero-order valence-electron chi connectivity index (χ0n) is 11.0. The van der Waals surface area contributed by atoms with Gasteiger partial charge in [-0.05, 0) is 43.9 Å². The van der Waals surface area contributed by atoms with Gasteiger partial charge in [0.1, 0.15) is 5.82 Å². The minimum Gasteiger partial charge on any atom is -0.399 e. The van der Waals surface area contributed by atoms with Crippen molar-refractivity contribution in [1.82, 2.24) is 4.90 Å². The van der Waals surface area contributed by atoms with Gasteiger partial charge in [-0.15, -0.1) is 0 Å². The average Bonchev–Trinajstić information content (AvgIpc) is 2.62. The Hall–Kier alpha value is -1.58. The molecule has 2 rings (SSSR count). The Morgan fingerprint density at radius 1 is 1.44 bits per heavy atom. The molecular formula is C14H19FN2O. The summed E-state index contributed by atoms with van der Waals surface area (Å²) in [6, 6.07) is 3.14. The third kappa shape index (κ3) is 2.19. The lowest BCUT2D eigenvalue weighted by Crippen LogP contribution is -2.34. The van der Waals surface area contributed by atoms with Crippen molar-refractivity contribution >= 4 is 11.6 Å². The highest BCUT2D eigenvalue weighted by atomic mass is 19.1. The summed E-state index contributed by atoms with van der Waals surface area (Å²) in [5.74, 6) is -0.241. The highest BCUT2D eigenvalue weighted by molar-refractivity contribution is 5.96. The molecular weight excluding hydrogens is 231 g/mol. The maximum atomic E-state index is 14.0. The van der Waals surface area contributed by atoms with Crippen LogP contribution in [-0.4, -0.2) is 23.4 Å². The normalized spacial score (nSPS) is 23.4. The van der Waals surface area contributed by atoms with E-state index in [-0.39, 0.29) is 17.5 Å². The molecule has 18 heavy (non-hydrogen) atoms. The van der Waals surface area contributed by atoms with E-state index in [0.29, 0.717) is 23.7 Å². The first-order valence-corrected chi connectivity index (χ1v) is 6.26. The smallest absolute Gasteiger partial charge is 0.257 e. The zero-order valence-corrected chi connectivity index (χ0v) is 11.0. The van der Waals surface area contributed by atoms with Crippen LogP contribution in [0.3, 0.4) is 0 Å². The van der Waals surface area contributed by atoms with E-state index < -0.39 is 5.82 Å². The van der Waals surface area contributed by atoms with Gasteiger partial charge in [0, 0.05) is 18.3 Å². The van der Waals surface area contributed by atoms with E-state index in [1.165, 1.54) is 6.07 Å². The van der Waals surface area contributed by atoms with E-state index >= 15 is 0 Å². The zero-order chi connectivity index (χ0) is 13.4. The lowest BCUT2D eigenvalue weighted by Gasteiger charge is -2.22. The number of anilines is 1. The number of nitrogens with zero attached hydrogens (tertiary/aromatic N) is 1. The molecule has 2 atom stereocenters. The minimum absolute atomic E-state index is 0.0912. The van der Waals surface area contributed by atoms with Crippen LogP contribution in [-0.2, 0) is 0 Å². The molecule has 1 aliphatic rings. The monoisotopic (exact) mass is 250 g/mol. The summed E-state index contributed by atoms with van der Waals surface area (Å²) in [6.07, 6.45) is 0.967. The van der Waals surface area contributed by atoms with Crippen LogP contribution in [0.5, 0.6) is 0 Å². The molecule has 1 amide bonds. The van der Waals surface area contributed by atoms with Crippen molar-refractivity contribution in [1.29, 1.82) is 0 Å². The third-order valence-electron chi connectivity index (χ3n) is 3.55. The molecule has 4 heteroatoms. The van der Waals surface area contributed by atoms with Crippen LogP contribution in [0.4, 0.5) is 10.1 Å². The molecule has 3 nitrogen and oxygen atoms in total. The fourth-order valence-electron chi connectivity index (χ4n) is 2.69. The second-order valence-electron chi connectivity index (χ2n) is 5.35. The number of carbonyl (C=O) groups is 1. The van der Waals surface area contributed by atoms with Crippen LogP contribution >= 0.6 is 0 Å². The number of likely N-dealkylation sites (tertiary alicyclic amines) is 1. The largest absolute Gasteiger partial charge is 0.399 e. The predicted octanol–water partition coefficient (Wildman–Crippen LogP) is 2.59. The van der Waals surface area contributed by atoms with Gasteiger partial charge in [-0.3, -0.25) is 4.79 Å². The van der Waals surface area contributed by atoms with Crippen molar-refractivity contribution in [2.75, 3.05) is 12.3 Å². The second kappa shape index (κ2) is 4.59. The molecule has 98 valence electrons. The molecule has 1 fully saturated rings. The van der Waals surface area contributed by atoms with Crippen LogP contribution in [0.25, 0.3) is 0 Å². The molecule has 0 aromatic heterocycles. The lowest BCUT2D eigenvalue weighted by atomic mass is 10.1. The van der Waals surface area contributed by atoms with Gasteiger partial charge in [0.05, 0.1) is 5.56 Å². The van der Waals surface area contributed by atoms with E-state index in [1.807, 2.05) is 6.92 Å². The Morgan fingerprint density at radius 2 is 2.11 bits per heavy atom. The van der Waals surface area contributed by atoms with Gasteiger partial charge in [-0.1, -0.05) is 6.92 Å². The van der Waals surface area contributed by atoms with Gasteiger partial charge in [0.15, 0.2) is 0 Å². The van der Waals surface area contributed by atoms with Crippen molar-refractivity contribution in [3.8, 4) is 0 Å². The summed E-state index contributed by atoms with van der Waals surface area (Å²) in [6.45, 7) is 6.41. The quantitative estimate of drug-likeness (QED) is 0.779. The van der Waals surface area contributed by atoms with Crippen molar-refractivity contribution < 1.29 is 9.18 Å². The van der Waals surface area contributed by atoms with E-state index in [2.05, 4.69) is 6.92 Å². The molecule has 1 aromatic carbocycles. The number of hydrogen-bond acceptors (Lipinski definition) is 2. The topological polar surface area (TPSA) is 46.3 Å². The Morgan fingerprint density at radius 3 is 2.67 bits per heavy atom. The summed E-state index contributed by atoms with van der Waals surface area (Å²) in [5, 5.41) is 0. The second-order valence-corrected chi connectivity index (χ2v) is 5.35. The van der Waals surface area contributed by atoms with E-state index in [0.717, 1.165) is 6.42 Å². The van der Waals surface area contributed by atoms with Crippen molar-refractivity contribution in [2.45, 2.75) is 33.2 Å². The third-order valence-corrected chi connectivity index (χ3v) is 3.55. The fourth-order valence-corrected chi connectivity index (χ4v) is 2.69. The Balaban J connectivity index is 2.35. The number of halogens is 1. The Kier molecular flexibility index (Phi) is 3.28. The molecule has 1 heterocycles. The van der Waals surface area contributed by atoms with Crippen LogP contribution in [0, 0.1) is 18.7 Å². The number of nitrogens with two attached hydrogens (primary N) is 1. The first kappa shape index (κ1) is 12.9. The van der Waals surface area contributed by atoms with E-state index in [1.54, 1.807) is 17.9 Å². The van der Waals surface area contributed by atoms with Gasteiger partial charge in [-0.25, -0.2) is 4.39 Å². The summed E-state index contributed by atoms with van der Waals surface area (Å²) < 4.78 is 14.0. The van der Waals surface area contributed by atoms with Gasteiger partial charge in [0.25, 0.3) is 5.91 Å². The average molecular weight is 250 g/mol. The predicted molar refractivity (Wildman–Crippen MR) is 69.8 cm³/mol. The minimum atomic E-state index is -0.457. The molecule has 1 aromatic rings. The van der Waals surface area contributed by atoms with Gasteiger partial charge in [-0.2, -0.15) is 0 Å². The highest BCUT2D eigenvalue weighted by Gasteiger charge is 2.32. The number of amides is 1. The van der Waals surface area contributed by atoms with E-state index in [4.69, 9.17) is 5.73 Å². The molecule has 0 radical (unpaired) electrons. The fraction of sp³-hybridized carbons (Fsp3) is 0.500. The van der Waals surface area contributed by atoms with Gasteiger partial charge < -0.3 is 10.6 Å². The molecule has 0 saturated carbocycles. The SMILES string of the molecule is Cc1cc(N)cc(C(=O)N2CC(C)CC2C)c1F. The molecule has 0 spiro atoms. The molecule has 1 saturated heterocycles. The molecule has 0 bridgehead atoms. The van der Waals surface area contributed by atoms with Crippen LogP contribution in [0.15, 0.2) is 12.1 Å². The van der Waals surface area contributed by atoms with Gasteiger partial charge in [0.2, 0.25) is 0 Å². The van der Waals surface area contributed by atoms with Crippen LogP contribution in [0.2, 0.25) is 0 Å². The van der Waals surface area contributed by atoms with E-state index in [9.17, 15) is 9.18 Å². The number of aryl methyl sites for hydroxylation is 1. The van der Waals surface area contributed by atoms with Crippen molar-refractivity contribution in [2.24, 2.45) is 5.92 Å². The summed E-state index contributed by atoms with van der Waals surface area (Å²) in [4.78, 5) is 14.1. The number of carbonyl (C=O) groups excluding carboxylic acids is 1. The standard InChI is InChI=1S/C14H19FN2O/c1-8-4-10(3)17(7-8)14(18)12-6-11(16)5-9(2)13(12)15/h5-6,8,10H,4,7,16H2,1-3H3. The molecule has 2 N–H and O–H groups in total. The number of rotatable bonds is 1. The summed E-state index contributed by atoms with van der Waals surface area (Å²) in [7, 11) is 0. The first-order valence-electron chi connectivity index (χ1n) is 6.26. The Labute approximate surface area is 107 Å². The maximum absolute atomic E-state index is 14.0. The van der Waals surface area contributed by atoms with Crippen LogP contribution < -0.4 is 5.73 Å². The number of benzene rings is 1. The molecule has 1 aliphatic heterocycles. The molecule has 0 aliphatic carbocycles. The highest BCUT2D eigenvalue weighted by Crippen LogP contribution is 2.26. The maximum Gasteiger partial charge on any atom is 0.257 e. The number of nitrogen functional groups attached to an aromatic ring is 1. The summed E-state index contributed by atoms with van der Waals surface area (Å²) in [5.41, 5.74) is 6.62. The van der Waals surface area contributed by atoms with Gasteiger partial charge >= 0.3 is 0 Å². The van der Waals surface area contributed by atoms with Crippen molar-refractivity contribution in [3.63, 3.8) is 0 Å². The lowest BCUT2D eigenvalue weighted by molar-refractivity contribution is 0.0739. The van der Waals surface area contributed by atoms with Crippen LogP contribution in [0.1, 0.15) is 36.2 Å². The number of hydrogen-bond donors (Lipinski definition) is 1. The summed E-state index contributed by atoms with van der Waals surface area (Å²) >= 11 is 0. The first-order chi connectivity index (χ1) is 8.40.